The molecule has 1 fully saturated rings. The van der Waals surface area contributed by atoms with Gasteiger partial charge in [-0.3, -0.25) is 9.78 Å². The number of pyridine rings is 1. The number of nitrogens with one attached hydrogen (secondary N) is 1. The third-order valence-electron chi connectivity index (χ3n) is 4.68. The number of amides is 1. The van der Waals surface area contributed by atoms with Crippen LogP contribution in [0, 0.1) is 6.92 Å². The first-order chi connectivity index (χ1) is 12.2. The van der Waals surface area contributed by atoms with Gasteiger partial charge in [-0.1, -0.05) is 6.07 Å². The first kappa shape index (κ1) is 15.6. The molecular formula is C18H20N6O. The Balaban J connectivity index is 1.66. The van der Waals surface area contributed by atoms with Crippen molar-refractivity contribution in [1.29, 1.82) is 0 Å². The van der Waals surface area contributed by atoms with Crippen molar-refractivity contribution in [3.05, 3.63) is 53.9 Å². The molecule has 3 aromatic rings. The van der Waals surface area contributed by atoms with Gasteiger partial charge in [-0.05, 0) is 31.9 Å². The normalized spacial score (nSPS) is 17.2. The van der Waals surface area contributed by atoms with Gasteiger partial charge in [0.15, 0.2) is 0 Å². The lowest BCUT2D eigenvalue weighted by Crippen LogP contribution is -2.31. The zero-order valence-corrected chi connectivity index (χ0v) is 14.3. The van der Waals surface area contributed by atoms with Crippen molar-refractivity contribution in [3.8, 4) is 0 Å². The van der Waals surface area contributed by atoms with Gasteiger partial charge in [0.25, 0.3) is 5.91 Å². The van der Waals surface area contributed by atoms with E-state index < -0.39 is 0 Å². The second-order valence-electron chi connectivity index (χ2n) is 6.26. The number of aryl methyl sites for hydroxylation is 1. The second-order valence-corrected chi connectivity index (χ2v) is 6.26. The van der Waals surface area contributed by atoms with E-state index in [0.717, 1.165) is 29.9 Å². The summed E-state index contributed by atoms with van der Waals surface area (Å²) in [5.41, 5.74) is 3.13. The predicted octanol–water partition coefficient (Wildman–Crippen LogP) is 2.45. The zero-order valence-electron chi connectivity index (χ0n) is 14.3. The maximum absolute atomic E-state index is 13.1. The van der Waals surface area contributed by atoms with Crippen molar-refractivity contribution >= 4 is 17.4 Å². The quantitative estimate of drug-likeness (QED) is 0.795. The molecule has 0 spiro atoms. The Kier molecular flexibility index (Phi) is 3.83. The Hall–Kier alpha value is -2.96. The highest BCUT2D eigenvalue weighted by Gasteiger charge is 2.33. The molecule has 4 rings (SSSR count). The standard InChI is InChI=1S/C18H20N6O/c1-12-5-3-7-17-22-14(11-24(12)17)18(25)23-8-4-6-15(23)13-9-20-10-16(19-2)21-13/h3,5,7,9-11,15H,4,6,8H2,1-2H3,(H,19,21)/t15-/m1/s1. The van der Waals surface area contributed by atoms with Gasteiger partial charge in [0, 0.05) is 25.5 Å². The molecule has 1 amide bonds. The zero-order chi connectivity index (χ0) is 17.4. The molecule has 4 heterocycles. The largest absolute Gasteiger partial charge is 0.372 e. The van der Waals surface area contributed by atoms with Gasteiger partial charge in [-0.15, -0.1) is 0 Å². The number of hydrogen-bond donors (Lipinski definition) is 1. The van der Waals surface area contributed by atoms with E-state index in [1.54, 1.807) is 12.4 Å². The van der Waals surface area contributed by atoms with Crippen molar-refractivity contribution in [2.24, 2.45) is 0 Å². The molecule has 1 saturated heterocycles. The minimum Gasteiger partial charge on any atom is -0.372 e. The first-order valence-corrected chi connectivity index (χ1v) is 8.43. The lowest BCUT2D eigenvalue weighted by Gasteiger charge is -2.23. The summed E-state index contributed by atoms with van der Waals surface area (Å²) in [6.45, 7) is 2.71. The highest BCUT2D eigenvalue weighted by atomic mass is 16.2. The van der Waals surface area contributed by atoms with Crippen molar-refractivity contribution in [1.82, 2.24) is 24.3 Å². The van der Waals surface area contributed by atoms with Crippen LogP contribution >= 0.6 is 0 Å². The fourth-order valence-corrected chi connectivity index (χ4v) is 3.38. The van der Waals surface area contributed by atoms with Gasteiger partial charge < -0.3 is 14.6 Å². The highest BCUT2D eigenvalue weighted by molar-refractivity contribution is 5.93. The van der Waals surface area contributed by atoms with E-state index in [9.17, 15) is 4.79 Å². The summed E-state index contributed by atoms with van der Waals surface area (Å²) in [4.78, 5) is 28.2. The molecule has 7 heteroatoms. The van der Waals surface area contributed by atoms with Crippen LogP contribution in [0.2, 0.25) is 0 Å². The molecule has 3 aromatic heterocycles. The third-order valence-corrected chi connectivity index (χ3v) is 4.68. The molecule has 1 N–H and O–H groups in total. The monoisotopic (exact) mass is 336 g/mol. The average molecular weight is 336 g/mol. The van der Waals surface area contributed by atoms with E-state index in [1.165, 1.54) is 0 Å². The summed E-state index contributed by atoms with van der Waals surface area (Å²) < 4.78 is 1.94. The first-order valence-electron chi connectivity index (χ1n) is 8.43. The van der Waals surface area contributed by atoms with Crippen molar-refractivity contribution in [3.63, 3.8) is 0 Å². The maximum Gasteiger partial charge on any atom is 0.274 e. The maximum atomic E-state index is 13.1. The number of aromatic nitrogens is 4. The fourth-order valence-electron chi connectivity index (χ4n) is 3.38. The Morgan fingerprint density at radius 2 is 2.16 bits per heavy atom. The summed E-state index contributed by atoms with van der Waals surface area (Å²) in [5, 5.41) is 3.00. The molecule has 0 saturated carbocycles. The molecule has 0 radical (unpaired) electrons. The fraction of sp³-hybridized carbons (Fsp3) is 0.333. The van der Waals surface area contributed by atoms with Crippen LogP contribution in [0.15, 0.2) is 36.8 Å². The van der Waals surface area contributed by atoms with Crippen LogP contribution in [0.1, 0.15) is 40.8 Å². The van der Waals surface area contributed by atoms with Crippen LogP contribution in [0.25, 0.3) is 5.65 Å². The van der Waals surface area contributed by atoms with Crippen LogP contribution in [0.3, 0.4) is 0 Å². The van der Waals surface area contributed by atoms with E-state index in [0.29, 0.717) is 18.1 Å². The molecular weight excluding hydrogens is 316 g/mol. The number of imidazole rings is 1. The number of fused-ring (bicyclic) bond motifs is 1. The summed E-state index contributed by atoms with van der Waals surface area (Å²) in [7, 11) is 1.81. The minimum atomic E-state index is -0.0563. The molecule has 1 atom stereocenters. The predicted molar refractivity (Wildman–Crippen MR) is 94.5 cm³/mol. The van der Waals surface area contributed by atoms with E-state index in [1.807, 2.05) is 47.7 Å². The van der Waals surface area contributed by atoms with Gasteiger partial charge in [-0.25, -0.2) is 9.97 Å². The van der Waals surface area contributed by atoms with Crippen LogP contribution in [-0.2, 0) is 0 Å². The Labute approximate surface area is 145 Å². The molecule has 128 valence electrons. The topological polar surface area (TPSA) is 75.4 Å². The molecule has 1 aliphatic heterocycles. The van der Waals surface area contributed by atoms with E-state index in [-0.39, 0.29) is 11.9 Å². The lowest BCUT2D eigenvalue weighted by atomic mass is 10.1. The van der Waals surface area contributed by atoms with Gasteiger partial charge in [0.1, 0.15) is 17.2 Å². The van der Waals surface area contributed by atoms with Crippen molar-refractivity contribution < 1.29 is 4.79 Å². The third kappa shape index (κ3) is 2.71. The van der Waals surface area contributed by atoms with Gasteiger partial charge >= 0.3 is 0 Å². The SMILES string of the molecule is CNc1cncc([C@H]2CCCN2C(=O)c2cn3c(C)cccc3n2)n1. The van der Waals surface area contributed by atoms with Gasteiger partial charge in [-0.2, -0.15) is 0 Å². The summed E-state index contributed by atoms with van der Waals surface area (Å²) in [6, 6.07) is 5.80. The molecule has 0 aromatic carbocycles. The number of rotatable bonds is 3. The second kappa shape index (κ2) is 6.16. The molecule has 0 unspecified atom stereocenters. The average Bonchev–Trinajstić information content (AvgIpc) is 3.29. The van der Waals surface area contributed by atoms with Crippen molar-refractivity contribution in [2.75, 3.05) is 18.9 Å². The van der Waals surface area contributed by atoms with Crippen LogP contribution < -0.4 is 5.32 Å². The van der Waals surface area contributed by atoms with Gasteiger partial charge in [0.2, 0.25) is 0 Å². The summed E-state index contributed by atoms with van der Waals surface area (Å²) in [6.07, 6.45) is 7.08. The van der Waals surface area contributed by atoms with Crippen LogP contribution in [0.4, 0.5) is 5.82 Å². The number of nitrogens with zero attached hydrogens (tertiary/aromatic N) is 5. The lowest BCUT2D eigenvalue weighted by molar-refractivity contribution is 0.0727. The molecule has 1 aliphatic rings. The van der Waals surface area contributed by atoms with Crippen LogP contribution in [-0.4, -0.2) is 43.8 Å². The van der Waals surface area contributed by atoms with Gasteiger partial charge in [0.05, 0.1) is 24.1 Å². The van der Waals surface area contributed by atoms with Crippen molar-refractivity contribution in [2.45, 2.75) is 25.8 Å². The number of carbonyl (C=O) groups is 1. The number of hydrogen-bond acceptors (Lipinski definition) is 5. The molecule has 0 bridgehead atoms. The molecule has 25 heavy (non-hydrogen) atoms. The van der Waals surface area contributed by atoms with Crippen LogP contribution in [0.5, 0.6) is 0 Å². The summed E-state index contributed by atoms with van der Waals surface area (Å²) >= 11 is 0. The number of anilines is 1. The summed E-state index contributed by atoms with van der Waals surface area (Å²) in [5.74, 6) is 0.655. The molecule has 0 aliphatic carbocycles. The Morgan fingerprint density at radius 1 is 1.28 bits per heavy atom. The Bertz CT molecular complexity index is 934. The van der Waals surface area contributed by atoms with E-state index in [4.69, 9.17) is 0 Å². The Morgan fingerprint density at radius 3 is 2.96 bits per heavy atom. The minimum absolute atomic E-state index is 0.0535. The molecule has 7 nitrogen and oxygen atoms in total. The smallest absolute Gasteiger partial charge is 0.274 e. The van der Waals surface area contributed by atoms with E-state index in [2.05, 4.69) is 20.3 Å². The number of carbonyl (C=O) groups excluding carboxylic acids is 1. The number of likely N-dealkylation sites (tertiary alicyclic amines) is 1. The van der Waals surface area contributed by atoms with E-state index >= 15 is 0 Å². The highest BCUT2D eigenvalue weighted by Crippen LogP contribution is 2.32.